The molecule has 1 heterocycles. The summed E-state index contributed by atoms with van der Waals surface area (Å²) in [7, 11) is -3.68. The topological polar surface area (TPSA) is 100 Å². The number of nitrogens with one attached hydrogen (secondary N) is 3. The van der Waals surface area contributed by atoms with Crippen LogP contribution in [0.1, 0.15) is 35.2 Å². The van der Waals surface area contributed by atoms with Gasteiger partial charge in [0.25, 0.3) is 0 Å². The number of halogens is 4. The molecule has 12 heteroatoms. The van der Waals surface area contributed by atoms with Gasteiger partial charge in [0.05, 0.1) is 17.9 Å². The van der Waals surface area contributed by atoms with Crippen molar-refractivity contribution in [3.8, 4) is 0 Å². The second kappa shape index (κ2) is 10.9. The molecule has 2 aromatic carbocycles. The van der Waals surface area contributed by atoms with Gasteiger partial charge in [-0.2, -0.15) is 13.2 Å². The Kier molecular flexibility index (Phi) is 8.18. The van der Waals surface area contributed by atoms with Gasteiger partial charge in [-0.05, 0) is 36.2 Å². The number of sulfonamides is 1. The van der Waals surface area contributed by atoms with Crippen molar-refractivity contribution in [3.63, 3.8) is 0 Å². The van der Waals surface area contributed by atoms with E-state index in [9.17, 15) is 30.8 Å². The van der Waals surface area contributed by atoms with Crippen LogP contribution in [0.25, 0.3) is 0 Å². The molecule has 0 aliphatic carbocycles. The second-order valence-electron chi connectivity index (χ2n) is 8.09. The number of anilines is 2. The van der Waals surface area contributed by atoms with Gasteiger partial charge in [0.15, 0.2) is 0 Å². The largest absolute Gasteiger partial charge is 0.433 e. The van der Waals surface area contributed by atoms with Crippen LogP contribution >= 0.6 is 0 Å². The molecule has 7 nitrogen and oxygen atoms in total. The molecule has 0 fully saturated rings. The summed E-state index contributed by atoms with van der Waals surface area (Å²) in [6.45, 7) is 1.62. The number of nitrogens with zero attached hydrogens (tertiary/aromatic N) is 1. The maximum Gasteiger partial charge on any atom is 0.433 e. The Hall–Kier alpha value is -3.67. The van der Waals surface area contributed by atoms with Gasteiger partial charge >= 0.3 is 6.18 Å². The molecular weight excluding hydrogens is 500 g/mol. The van der Waals surface area contributed by atoms with Gasteiger partial charge in [0, 0.05) is 18.7 Å². The molecule has 1 unspecified atom stereocenters. The molecule has 1 aromatic heterocycles. The molecular formula is C24H24F4N4O3S. The van der Waals surface area contributed by atoms with Crippen molar-refractivity contribution in [1.29, 1.82) is 0 Å². The predicted molar refractivity (Wildman–Crippen MR) is 128 cm³/mol. The minimum absolute atomic E-state index is 0.0242. The summed E-state index contributed by atoms with van der Waals surface area (Å²) in [4.78, 5) is 16.4. The van der Waals surface area contributed by atoms with Gasteiger partial charge in [-0.25, -0.2) is 17.8 Å². The molecule has 0 saturated carbocycles. The highest BCUT2D eigenvalue weighted by atomic mass is 32.2. The zero-order valence-electron chi connectivity index (χ0n) is 19.4. The van der Waals surface area contributed by atoms with E-state index in [1.807, 2.05) is 10.8 Å². The highest BCUT2D eigenvalue weighted by molar-refractivity contribution is 7.92. The van der Waals surface area contributed by atoms with Crippen LogP contribution in [0.15, 0.2) is 60.7 Å². The van der Waals surface area contributed by atoms with E-state index in [4.69, 9.17) is 0 Å². The van der Waals surface area contributed by atoms with Crippen molar-refractivity contribution >= 4 is 27.4 Å². The maximum atomic E-state index is 14.3. The number of amides is 1. The molecule has 36 heavy (non-hydrogen) atoms. The van der Waals surface area contributed by atoms with Gasteiger partial charge in [0.2, 0.25) is 15.9 Å². The predicted octanol–water partition coefficient (Wildman–Crippen LogP) is 4.64. The number of rotatable bonds is 9. The highest BCUT2D eigenvalue weighted by Crippen LogP contribution is 2.30. The van der Waals surface area contributed by atoms with Gasteiger partial charge in [0.1, 0.15) is 17.3 Å². The van der Waals surface area contributed by atoms with E-state index in [2.05, 4.69) is 15.6 Å². The Bertz CT molecular complexity index is 1330. The van der Waals surface area contributed by atoms with Crippen molar-refractivity contribution < 1.29 is 30.8 Å². The number of benzene rings is 2. The van der Waals surface area contributed by atoms with Crippen LogP contribution in [-0.4, -0.2) is 25.6 Å². The molecule has 0 bridgehead atoms. The van der Waals surface area contributed by atoms with Gasteiger partial charge < -0.3 is 10.6 Å². The lowest BCUT2D eigenvalue weighted by molar-refractivity contribution is -0.141. The molecule has 0 aliphatic heterocycles. The first-order valence-electron chi connectivity index (χ1n) is 10.7. The molecule has 1 atom stereocenters. The minimum Gasteiger partial charge on any atom is -0.366 e. The average molecular weight is 525 g/mol. The number of carbonyl (C=O) groups is 1. The van der Waals surface area contributed by atoms with E-state index >= 15 is 0 Å². The Morgan fingerprint density at radius 3 is 2.33 bits per heavy atom. The Morgan fingerprint density at radius 2 is 1.72 bits per heavy atom. The third kappa shape index (κ3) is 7.41. The van der Waals surface area contributed by atoms with Crippen LogP contribution in [-0.2, 0) is 34.1 Å². The Balaban J connectivity index is 1.73. The van der Waals surface area contributed by atoms with Gasteiger partial charge in [-0.15, -0.1) is 0 Å². The van der Waals surface area contributed by atoms with Crippen LogP contribution in [0.4, 0.5) is 29.1 Å². The van der Waals surface area contributed by atoms with E-state index in [0.717, 1.165) is 24.0 Å². The summed E-state index contributed by atoms with van der Waals surface area (Å²) >= 11 is 0. The van der Waals surface area contributed by atoms with Crippen LogP contribution in [0.5, 0.6) is 0 Å². The lowest BCUT2D eigenvalue weighted by atomic mass is 9.99. The van der Waals surface area contributed by atoms with E-state index < -0.39 is 39.5 Å². The summed E-state index contributed by atoms with van der Waals surface area (Å²) < 4.78 is 78.6. The van der Waals surface area contributed by atoms with E-state index in [0.29, 0.717) is 5.56 Å². The number of hydrogen-bond acceptors (Lipinski definition) is 5. The zero-order valence-corrected chi connectivity index (χ0v) is 20.2. The number of hydrogen-bond donors (Lipinski definition) is 3. The normalized spacial score (nSPS) is 12.6. The van der Waals surface area contributed by atoms with Crippen molar-refractivity contribution in [2.45, 2.75) is 32.1 Å². The second-order valence-corrected chi connectivity index (χ2v) is 9.84. The number of pyridine rings is 1. The quantitative estimate of drug-likeness (QED) is 0.354. The lowest BCUT2D eigenvalue weighted by Crippen LogP contribution is -2.28. The summed E-state index contributed by atoms with van der Waals surface area (Å²) in [6, 6.07) is 14.8. The fourth-order valence-corrected chi connectivity index (χ4v) is 3.86. The van der Waals surface area contributed by atoms with Crippen LogP contribution < -0.4 is 15.4 Å². The SMILES string of the molecule is CC(C(=O)NCc1ccc(C(F)(F)F)nc1NCc1ccccc1)c1ccc(NS(C)(=O)=O)c(F)c1. The number of carbonyl (C=O) groups excluding carboxylic acids is 1. The average Bonchev–Trinajstić information content (AvgIpc) is 2.81. The molecule has 0 radical (unpaired) electrons. The fourth-order valence-electron chi connectivity index (χ4n) is 3.29. The van der Waals surface area contributed by atoms with Crippen molar-refractivity contribution in [2.24, 2.45) is 0 Å². The smallest absolute Gasteiger partial charge is 0.366 e. The summed E-state index contributed by atoms with van der Waals surface area (Å²) in [5, 5.41) is 5.52. The van der Waals surface area contributed by atoms with E-state index in [1.54, 1.807) is 24.3 Å². The first-order valence-corrected chi connectivity index (χ1v) is 12.6. The zero-order chi connectivity index (χ0) is 26.5. The summed E-state index contributed by atoms with van der Waals surface area (Å²) in [5.74, 6) is -2.21. The van der Waals surface area contributed by atoms with Gasteiger partial charge in [-0.1, -0.05) is 42.5 Å². The van der Waals surface area contributed by atoms with Crippen molar-refractivity contribution in [1.82, 2.24) is 10.3 Å². The molecule has 0 aliphatic rings. The molecule has 3 aromatic rings. The monoisotopic (exact) mass is 524 g/mol. The first-order chi connectivity index (χ1) is 16.8. The van der Waals surface area contributed by atoms with Crippen LogP contribution in [0.3, 0.4) is 0 Å². The molecule has 3 rings (SSSR count). The third-order valence-electron chi connectivity index (χ3n) is 5.21. The van der Waals surface area contributed by atoms with E-state index in [-0.39, 0.29) is 30.2 Å². The van der Waals surface area contributed by atoms with Crippen LogP contribution in [0, 0.1) is 5.82 Å². The molecule has 0 saturated heterocycles. The highest BCUT2D eigenvalue weighted by Gasteiger charge is 2.33. The number of alkyl halides is 3. The number of aromatic nitrogens is 1. The first kappa shape index (κ1) is 26.9. The molecule has 192 valence electrons. The van der Waals surface area contributed by atoms with Crippen LogP contribution in [0.2, 0.25) is 0 Å². The molecule has 3 N–H and O–H groups in total. The third-order valence-corrected chi connectivity index (χ3v) is 5.80. The fraction of sp³-hybridized carbons (Fsp3) is 0.250. The van der Waals surface area contributed by atoms with E-state index in [1.165, 1.54) is 25.1 Å². The summed E-state index contributed by atoms with van der Waals surface area (Å²) in [6.07, 6.45) is -3.75. The Labute approximate surface area is 206 Å². The van der Waals surface area contributed by atoms with Crippen molar-refractivity contribution in [2.75, 3.05) is 16.3 Å². The summed E-state index contributed by atoms with van der Waals surface area (Å²) in [5.41, 5.74) is 0.130. The standard InChI is InChI=1S/C24H24F4N4O3S/c1-15(17-8-10-20(19(25)12-17)32-36(2,34)35)23(33)30-14-18-9-11-21(24(26,27)28)31-22(18)29-13-16-6-4-3-5-7-16/h3-12,15,32H,13-14H2,1-2H3,(H,29,31)(H,30,33). The van der Waals surface area contributed by atoms with Gasteiger partial charge in [-0.3, -0.25) is 9.52 Å². The Morgan fingerprint density at radius 1 is 1.03 bits per heavy atom. The molecule has 0 spiro atoms. The minimum atomic E-state index is -4.64. The maximum absolute atomic E-state index is 14.3. The molecule has 1 amide bonds. The lowest BCUT2D eigenvalue weighted by Gasteiger charge is -2.17. The van der Waals surface area contributed by atoms with Crippen molar-refractivity contribution in [3.05, 3.63) is 88.9 Å².